The Morgan fingerprint density at radius 3 is 1.58 bits per heavy atom. The molecule has 0 aromatic heterocycles. The number of aliphatic imine (C=N–C) groups is 1. The lowest BCUT2D eigenvalue weighted by Gasteiger charge is -2.24. The molecule has 0 rings (SSSR count). The first-order chi connectivity index (χ1) is 14.4. The van der Waals surface area contributed by atoms with Gasteiger partial charge in [-0.15, -0.1) is 0 Å². The summed E-state index contributed by atoms with van der Waals surface area (Å²) in [5.41, 5.74) is 4.50. The van der Waals surface area contributed by atoms with Crippen molar-refractivity contribution >= 4 is 29.7 Å². The lowest BCUT2D eigenvalue weighted by molar-refractivity contribution is 0.122. The molecule has 0 spiro atoms. The van der Waals surface area contributed by atoms with Gasteiger partial charge in [0.2, 0.25) is 6.08 Å². The first-order valence-corrected chi connectivity index (χ1v) is 13.1. The van der Waals surface area contributed by atoms with Crippen molar-refractivity contribution in [3.8, 4) is 0 Å². The number of hydrogen-bond donors (Lipinski definition) is 3. The number of nitrogens with zero attached hydrogens (tertiary/aromatic N) is 1. The average Bonchev–Trinajstić information content (AvgIpc) is 2.82. The molecule has 14 heteroatoms. The Morgan fingerprint density at radius 1 is 0.871 bits per heavy atom. The summed E-state index contributed by atoms with van der Waals surface area (Å²) in [4.78, 5) is 24.0. The van der Waals surface area contributed by atoms with Gasteiger partial charge in [0.1, 0.15) is 0 Å². The van der Waals surface area contributed by atoms with E-state index in [0.29, 0.717) is 31.6 Å². The van der Waals surface area contributed by atoms with Gasteiger partial charge < -0.3 is 42.9 Å². The number of nitrogens with two attached hydrogens (primary N) is 1. The number of nitrogens with one attached hydrogen (secondary N) is 2. The molecular formula is C17H44N4O8Si2. The van der Waals surface area contributed by atoms with Crippen LogP contribution in [0.2, 0.25) is 12.1 Å². The second-order valence-electron chi connectivity index (χ2n) is 5.28. The van der Waals surface area contributed by atoms with Gasteiger partial charge in [-0.3, -0.25) is 0 Å². The second-order valence-corrected chi connectivity index (χ2v) is 11.5. The fourth-order valence-corrected chi connectivity index (χ4v) is 5.55. The van der Waals surface area contributed by atoms with Crippen LogP contribution in [-0.4, -0.2) is 99.6 Å². The van der Waals surface area contributed by atoms with Gasteiger partial charge in [0.15, 0.2) is 0 Å². The van der Waals surface area contributed by atoms with Gasteiger partial charge in [-0.25, -0.2) is 14.6 Å². The minimum absolute atomic E-state index is 0. The summed E-state index contributed by atoms with van der Waals surface area (Å²) in [7, 11) is 7.55. The standard InChI is InChI=1S/C8H20N2O4Si.C7H15NO4Si.CH5N.CH4/c1-9-8(11)10-6-5-7-15(12-2,13-3)14-4;1-10-13(11-2,12-3)6-4-5-8-7-9;1-2;/h5-7H2,1-4H3,(H2,9,10,11);4-6H2,1-3H3;2H2,1H3;1H4. The minimum atomic E-state index is -2.47. The Bertz CT molecular complexity index is 433. The zero-order valence-electron chi connectivity index (χ0n) is 19.5. The van der Waals surface area contributed by atoms with Crippen LogP contribution in [0.1, 0.15) is 20.3 Å². The summed E-state index contributed by atoms with van der Waals surface area (Å²) >= 11 is 0. The third-order valence-corrected chi connectivity index (χ3v) is 9.52. The molecule has 2 amide bonds. The van der Waals surface area contributed by atoms with Gasteiger partial charge >= 0.3 is 23.6 Å². The highest BCUT2D eigenvalue weighted by Gasteiger charge is 2.37. The Morgan fingerprint density at radius 2 is 1.26 bits per heavy atom. The number of carbonyl (C=O) groups is 1. The third-order valence-electron chi connectivity index (χ3n) is 3.86. The molecule has 31 heavy (non-hydrogen) atoms. The first kappa shape index (κ1) is 37.1. The van der Waals surface area contributed by atoms with E-state index in [9.17, 15) is 9.59 Å². The minimum Gasteiger partial charge on any atom is -0.377 e. The fraction of sp³-hybridized carbons (Fsp3) is 0.882. The van der Waals surface area contributed by atoms with E-state index in [1.807, 2.05) is 0 Å². The highest BCUT2D eigenvalue weighted by molar-refractivity contribution is 6.60. The predicted octanol–water partition coefficient (Wildman–Crippen LogP) is 0.985. The topological polar surface area (TPSA) is 152 Å². The Kier molecular flexibility index (Phi) is 30.0. The SMILES string of the molecule is C.CN.CNC(=O)NCCC[Si](OC)(OC)OC.CO[Si](CCCN=C=O)(OC)OC. The van der Waals surface area contributed by atoms with Crippen molar-refractivity contribution in [3.05, 3.63) is 0 Å². The van der Waals surface area contributed by atoms with Crippen molar-refractivity contribution < 1.29 is 36.1 Å². The van der Waals surface area contributed by atoms with Crippen LogP contribution in [0.25, 0.3) is 0 Å². The molecule has 0 saturated heterocycles. The summed E-state index contributed by atoms with van der Waals surface area (Å²) in [5.74, 6) is 0. The molecule has 0 fully saturated rings. The monoisotopic (exact) mass is 488 g/mol. The van der Waals surface area contributed by atoms with Crippen LogP contribution in [0, 0.1) is 0 Å². The summed E-state index contributed by atoms with van der Waals surface area (Å²) in [6, 6.07) is 1.15. The molecule has 0 bridgehead atoms. The van der Waals surface area contributed by atoms with Crippen molar-refractivity contribution in [2.24, 2.45) is 10.7 Å². The molecular weight excluding hydrogens is 444 g/mol. The number of hydrogen-bond acceptors (Lipinski definition) is 10. The van der Waals surface area contributed by atoms with Crippen LogP contribution in [0.5, 0.6) is 0 Å². The van der Waals surface area contributed by atoms with Crippen LogP contribution in [-0.2, 0) is 31.4 Å². The Labute approximate surface area is 189 Å². The highest BCUT2D eigenvalue weighted by Crippen LogP contribution is 2.15. The average molecular weight is 489 g/mol. The van der Waals surface area contributed by atoms with Gasteiger partial charge in [0, 0.05) is 68.3 Å². The van der Waals surface area contributed by atoms with Gasteiger partial charge in [0.25, 0.3) is 0 Å². The van der Waals surface area contributed by atoms with E-state index in [1.165, 1.54) is 13.1 Å². The third kappa shape index (κ3) is 18.1. The van der Waals surface area contributed by atoms with Crippen LogP contribution in [0.4, 0.5) is 4.79 Å². The molecule has 0 radical (unpaired) electrons. The van der Waals surface area contributed by atoms with E-state index in [4.69, 9.17) is 26.6 Å². The van der Waals surface area contributed by atoms with Crippen molar-refractivity contribution in [2.45, 2.75) is 32.4 Å². The Hall–Kier alpha value is -1.20. The molecule has 0 aromatic rings. The molecule has 188 valence electrons. The summed E-state index contributed by atoms with van der Waals surface area (Å²) < 4.78 is 31.2. The molecule has 0 heterocycles. The van der Waals surface area contributed by atoms with E-state index in [0.717, 1.165) is 6.42 Å². The predicted molar refractivity (Wildman–Crippen MR) is 125 cm³/mol. The number of isocyanates is 1. The lowest BCUT2D eigenvalue weighted by Crippen LogP contribution is -2.43. The highest BCUT2D eigenvalue weighted by atomic mass is 28.4. The largest absolute Gasteiger partial charge is 0.500 e. The van der Waals surface area contributed by atoms with Crippen LogP contribution in [0.15, 0.2) is 4.99 Å². The van der Waals surface area contributed by atoms with E-state index >= 15 is 0 Å². The molecule has 12 nitrogen and oxygen atoms in total. The van der Waals surface area contributed by atoms with Crippen molar-refractivity contribution in [1.82, 2.24) is 10.6 Å². The van der Waals surface area contributed by atoms with E-state index < -0.39 is 17.6 Å². The number of carbonyl (C=O) groups excluding carboxylic acids is 2. The smallest absolute Gasteiger partial charge is 0.377 e. The van der Waals surface area contributed by atoms with Crippen LogP contribution < -0.4 is 16.4 Å². The van der Waals surface area contributed by atoms with Crippen molar-refractivity contribution in [1.29, 1.82) is 0 Å². The maximum Gasteiger partial charge on any atom is 0.500 e. The molecule has 0 aromatic carbocycles. The quantitative estimate of drug-likeness (QED) is 0.141. The van der Waals surface area contributed by atoms with E-state index in [-0.39, 0.29) is 13.5 Å². The second kappa shape index (κ2) is 25.1. The fourth-order valence-electron chi connectivity index (χ4n) is 2.13. The number of urea groups is 1. The molecule has 0 saturated carbocycles. The van der Waals surface area contributed by atoms with Crippen LogP contribution >= 0.6 is 0 Å². The Balaban J connectivity index is -0.000000213. The molecule has 0 unspecified atom stereocenters. The summed E-state index contributed by atoms with van der Waals surface area (Å²) in [5, 5.41) is 5.15. The maximum absolute atomic E-state index is 10.8. The first-order valence-electron chi connectivity index (χ1n) is 9.26. The molecule has 0 aliphatic rings. The zero-order chi connectivity index (χ0) is 23.9. The number of rotatable bonds is 14. The zero-order valence-corrected chi connectivity index (χ0v) is 21.5. The van der Waals surface area contributed by atoms with Crippen LogP contribution in [0.3, 0.4) is 0 Å². The van der Waals surface area contributed by atoms with E-state index in [1.54, 1.807) is 49.7 Å². The summed E-state index contributed by atoms with van der Waals surface area (Å²) in [6.07, 6.45) is 2.94. The normalized spacial score (nSPS) is 10.2. The van der Waals surface area contributed by atoms with Gasteiger partial charge in [0.05, 0.1) is 6.54 Å². The van der Waals surface area contributed by atoms with Gasteiger partial charge in [-0.05, 0) is 19.9 Å². The van der Waals surface area contributed by atoms with E-state index in [2.05, 4.69) is 21.4 Å². The maximum atomic E-state index is 10.8. The lowest BCUT2D eigenvalue weighted by atomic mass is 10.5. The van der Waals surface area contributed by atoms with Crippen molar-refractivity contribution in [3.63, 3.8) is 0 Å². The van der Waals surface area contributed by atoms with Gasteiger partial charge in [-0.2, -0.15) is 0 Å². The molecule has 0 aliphatic carbocycles. The summed E-state index contributed by atoms with van der Waals surface area (Å²) in [6.45, 7) is 1.01. The molecule has 4 N–H and O–H groups in total. The van der Waals surface area contributed by atoms with Crippen molar-refractivity contribution in [2.75, 3.05) is 69.8 Å². The molecule has 0 atom stereocenters. The van der Waals surface area contributed by atoms with Gasteiger partial charge in [-0.1, -0.05) is 7.43 Å². The molecule has 0 aliphatic heterocycles. The number of amides is 2.